The van der Waals surface area contributed by atoms with Gasteiger partial charge < -0.3 is 15.1 Å². The van der Waals surface area contributed by atoms with E-state index in [9.17, 15) is 18.0 Å². The van der Waals surface area contributed by atoms with Gasteiger partial charge in [0.15, 0.2) is 5.58 Å². The van der Waals surface area contributed by atoms with Gasteiger partial charge in [-0.1, -0.05) is 0 Å². The second kappa shape index (κ2) is 7.21. The SMILES string of the molecule is Cc1cc(Nc2ncc(C)c(Nc3ccc4oc(=O)[nH]c4c3)n2)cc(C(F)(F)F)c1. The molecule has 7 nitrogen and oxygen atoms in total. The minimum absolute atomic E-state index is 0.139. The Balaban J connectivity index is 1.61. The first-order valence-electron chi connectivity index (χ1n) is 8.87. The molecule has 0 saturated carbocycles. The van der Waals surface area contributed by atoms with Gasteiger partial charge in [-0.3, -0.25) is 4.98 Å². The van der Waals surface area contributed by atoms with Crippen molar-refractivity contribution in [2.24, 2.45) is 0 Å². The topological polar surface area (TPSA) is 95.8 Å². The molecule has 0 aliphatic rings. The van der Waals surface area contributed by atoms with Crippen LogP contribution in [0.1, 0.15) is 16.7 Å². The van der Waals surface area contributed by atoms with Crippen LogP contribution in [-0.2, 0) is 6.18 Å². The number of rotatable bonds is 4. The van der Waals surface area contributed by atoms with Crippen LogP contribution in [0.4, 0.5) is 36.3 Å². The number of aromatic amines is 1. The molecule has 4 rings (SSSR count). The lowest BCUT2D eigenvalue weighted by molar-refractivity contribution is -0.137. The zero-order valence-electron chi connectivity index (χ0n) is 15.9. The number of oxazole rings is 1. The normalized spacial score (nSPS) is 11.6. The van der Waals surface area contributed by atoms with Gasteiger partial charge in [0.1, 0.15) is 5.82 Å². The highest BCUT2D eigenvalue weighted by Crippen LogP contribution is 2.32. The Labute approximate surface area is 168 Å². The van der Waals surface area contributed by atoms with Gasteiger partial charge in [0.2, 0.25) is 5.95 Å². The Morgan fingerprint density at radius 3 is 2.60 bits per heavy atom. The van der Waals surface area contributed by atoms with Gasteiger partial charge in [-0.25, -0.2) is 9.78 Å². The lowest BCUT2D eigenvalue weighted by Crippen LogP contribution is -2.07. The third-order valence-corrected chi connectivity index (χ3v) is 4.31. The summed E-state index contributed by atoms with van der Waals surface area (Å²) in [6.45, 7) is 3.37. The van der Waals surface area contributed by atoms with Crippen LogP contribution in [0.5, 0.6) is 0 Å². The number of nitrogens with one attached hydrogen (secondary N) is 3. The summed E-state index contributed by atoms with van der Waals surface area (Å²) in [5, 5.41) is 5.93. The van der Waals surface area contributed by atoms with E-state index in [2.05, 4.69) is 25.6 Å². The first-order chi connectivity index (χ1) is 14.2. The summed E-state index contributed by atoms with van der Waals surface area (Å²) < 4.78 is 44.2. The van der Waals surface area contributed by atoms with E-state index in [0.717, 1.165) is 17.7 Å². The molecular formula is C20H16F3N5O2. The molecule has 0 radical (unpaired) electrons. The van der Waals surface area contributed by atoms with Gasteiger partial charge in [-0.05, 0) is 55.8 Å². The van der Waals surface area contributed by atoms with Crippen molar-refractivity contribution in [3.8, 4) is 0 Å². The Hall–Kier alpha value is -3.82. The molecule has 2 aromatic carbocycles. The lowest BCUT2D eigenvalue weighted by Gasteiger charge is -2.13. The molecule has 2 aromatic heterocycles. The molecule has 0 unspecified atom stereocenters. The second-order valence-electron chi connectivity index (χ2n) is 6.79. The van der Waals surface area contributed by atoms with Crippen molar-refractivity contribution in [1.82, 2.24) is 15.0 Å². The van der Waals surface area contributed by atoms with Crippen LogP contribution in [0.15, 0.2) is 51.8 Å². The highest BCUT2D eigenvalue weighted by molar-refractivity contribution is 5.78. The van der Waals surface area contributed by atoms with E-state index >= 15 is 0 Å². The van der Waals surface area contributed by atoms with E-state index in [0.29, 0.717) is 28.2 Å². The van der Waals surface area contributed by atoms with Crippen molar-refractivity contribution in [3.05, 3.63) is 69.8 Å². The van der Waals surface area contributed by atoms with Crippen molar-refractivity contribution in [3.63, 3.8) is 0 Å². The lowest BCUT2D eigenvalue weighted by atomic mass is 10.1. The van der Waals surface area contributed by atoms with Crippen LogP contribution in [0.3, 0.4) is 0 Å². The van der Waals surface area contributed by atoms with Gasteiger partial charge in [-0.15, -0.1) is 0 Å². The molecule has 0 amide bonds. The summed E-state index contributed by atoms with van der Waals surface area (Å²) in [5.41, 5.74) is 2.25. The Morgan fingerprint density at radius 1 is 1.03 bits per heavy atom. The molecule has 30 heavy (non-hydrogen) atoms. The van der Waals surface area contributed by atoms with Crippen molar-refractivity contribution in [1.29, 1.82) is 0 Å². The third-order valence-electron chi connectivity index (χ3n) is 4.31. The zero-order valence-corrected chi connectivity index (χ0v) is 15.9. The third kappa shape index (κ3) is 4.12. The summed E-state index contributed by atoms with van der Waals surface area (Å²) >= 11 is 0. The number of hydrogen-bond acceptors (Lipinski definition) is 6. The first-order valence-corrected chi connectivity index (χ1v) is 8.87. The number of hydrogen-bond donors (Lipinski definition) is 3. The van der Waals surface area contributed by atoms with Crippen LogP contribution in [0, 0.1) is 13.8 Å². The molecular weight excluding hydrogens is 399 g/mol. The summed E-state index contributed by atoms with van der Waals surface area (Å²) in [7, 11) is 0. The average molecular weight is 415 g/mol. The Morgan fingerprint density at radius 2 is 1.83 bits per heavy atom. The molecule has 10 heteroatoms. The Bertz CT molecular complexity index is 1290. The summed E-state index contributed by atoms with van der Waals surface area (Å²) in [5.74, 6) is 0.0456. The number of benzene rings is 2. The monoisotopic (exact) mass is 415 g/mol. The molecule has 0 bridgehead atoms. The standard InChI is InChI=1S/C20H16F3N5O2/c1-10-5-12(20(21,22)23)7-14(6-10)26-18-24-9-11(2)17(28-18)25-13-3-4-16-15(8-13)27-19(29)30-16/h3-9H,1-2H3,(H,27,29)(H2,24,25,26,28). The fourth-order valence-electron chi connectivity index (χ4n) is 2.94. The van der Waals surface area contributed by atoms with Crippen LogP contribution in [0.25, 0.3) is 11.1 Å². The fourth-order valence-corrected chi connectivity index (χ4v) is 2.94. The van der Waals surface area contributed by atoms with Crippen LogP contribution >= 0.6 is 0 Å². The summed E-state index contributed by atoms with van der Waals surface area (Å²) in [6, 6.07) is 8.69. The van der Waals surface area contributed by atoms with Gasteiger partial charge in [0, 0.05) is 23.1 Å². The minimum Gasteiger partial charge on any atom is -0.408 e. The maximum absolute atomic E-state index is 13.1. The van der Waals surface area contributed by atoms with Gasteiger partial charge in [0.25, 0.3) is 0 Å². The van der Waals surface area contributed by atoms with E-state index in [4.69, 9.17) is 4.42 Å². The van der Waals surface area contributed by atoms with Crippen molar-refractivity contribution < 1.29 is 17.6 Å². The van der Waals surface area contributed by atoms with Crippen LogP contribution < -0.4 is 16.4 Å². The maximum Gasteiger partial charge on any atom is 0.417 e. The second-order valence-corrected chi connectivity index (χ2v) is 6.79. The highest BCUT2D eigenvalue weighted by Gasteiger charge is 2.31. The largest absolute Gasteiger partial charge is 0.417 e. The molecule has 0 saturated heterocycles. The maximum atomic E-state index is 13.1. The van der Waals surface area contributed by atoms with E-state index in [1.54, 1.807) is 44.3 Å². The van der Waals surface area contributed by atoms with Gasteiger partial charge >= 0.3 is 11.9 Å². The van der Waals surface area contributed by atoms with Gasteiger partial charge in [0.05, 0.1) is 11.1 Å². The predicted octanol–water partition coefficient (Wildman–Crippen LogP) is 5.03. The molecule has 0 atom stereocenters. The Kier molecular flexibility index (Phi) is 4.69. The van der Waals surface area contributed by atoms with Crippen molar-refractivity contribution in [2.75, 3.05) is 10.6 Å². The highest BCUT2D eigenvalue weighted by atomic mass is 19.4. The molecule has 154 valence electrons. The molecule has 0 aliphatic heterocycles. The number of alkyl halides is 3. The van der Waals surface area contributed by atoms with Crippen molar-refractivity contribution in [2.45, 2.75) is 20.0 Å². The van der Waals surface area contributed by atoms with Crippen LogP contribution in [-0.4, -0.2) is 15.0 Å². The predicted molar refractivity (Wildman–Crippen MR) is 106 cm³/mol. The van der Waals surface area contributed by atoms with E-state index in [1.807, 2.05) is 0 Å². The number of aromatic nitrogens is 3. The number of nitrogens with zero attached hydrogens (tertiary/aromatic N) is 2. The number of halogens is 3. The first kappa shape index (κ1) is 19.5. The molecule has 3 N–H and O–H groups in total. The zero-order chi connectivity index (χ0) is 21.5. The molecule has 0 spiro atoms. The van der Waals surface area contributed by atoms with E-state index in [1.165, 1.54) is 0 Å². The fraction of sp³-hybridized carbons (Fsp3) is 0.150. The van der Waals surface area contributed by atoms with Crippen LogP contribution in [0.2, 0.25) is 0 Å². The summed E-state index contributed by atoms with van der Waals surface area (Å²) in [4.78, 5) is 22.4. The quantitative estimate of drug-likeness (QED) is 0.433. The molecule has 0 fully saturated rings. The number of anilines is 4. The average Bonchev–Trinajstić information content (AvgIpc) is 3.02. The number of H-pyrrole nitrogens is 1. The summed E-state index contributed by atoms with van der Waals surface area (Å²) in [6.07, 6.45) is -2.90. The molecule has 2 heterocycles. The number of fused-ring (bicyclic) bond motifs is 1. The van der Waals surface area contributed by atoms with E-state index in [-0.39, 0.29) is 11.6 Å². The molecule has 4 aromatic rings. The number of aryl methyl sites for hydroxylation is 2. The minimum atomic E-state index is -4.45. The van der Waals surface area contributed by atoms with Gasteiger partial charge in [-0.2, -0.15) is 18.2 Å². The van der Waals surface area contributed by atoms with Crippen molar-refractivity contribution >= 4 is 34.2 Å². The molecule has 0 aliphatic carbocycles. The smallest absolute Gasteiger partial charge is 0.408 e. The van der Waals surface area contributed by atoms with E-state index < -0.39 is 17.5 Å².